The Morgan fingerprint density at radius 1 is 1.16 bits per heavy atom. The highest BCUT2D eigenvalue weighted by Crippen LogP contribution is 2.38. The van der Waals surface area contributed by atoms with E-state index < -0.39 is 23.2 Å². The van der Waals surface area contributed by atoms with E-state index in [0.717, 1.165) is 16.7 Å². The molecule has 0 spiro atoms. The van der Waals surface area contributed by atoms with Crippen LogP contribution in [0.1, 0.15) is 64.3 Å². The average molecular weight is 415 g/mol. The molecule has 0 aliphatic heterocycles. The predicted octanol–water partition coefficient (Wildman–Crippen LogP) is 3.14. The number of benzene rings is 1. The number of rotatable bonds is 3. The van der Waals surface area contributed by atoms with Gasteiger partial charge in [0.15, 0.2) is 11.7 Å². The van der Waals surface area contributed by atoms with Crippen molar-refractivity contribution in [2.24, 2.45) is 0 Å². The quantitative estimate of drug-likeness (QED) is 0.470. The van der Waals surface area contributed by atoms with Crippen LogP contribution in [-0.4, -0.2) is 24.5 Å². The minimum atomic E-state index is -0.495. The van der Waals surface area contributed by atoms with Crippen molar-refractivity contribution in [3.8, 4) is 0 Å². The first-order valence-electron chi connectivity index (χ1n) is 10.0. The Balaban J connectivity index is 1.78. The van der Waals surface area contributed by atoms with Gasteiger partial charge in [-0.05, 0) is 31.1 Å². The number of imidazole rings is 1. The first kappa shape index (κ1) is 19.0. The molecule has 31 heavy (non-hydrogen) atoms. The highest BCUT2D eigenvalue weighted by Gasteiger charge is 2.31. The number of aromatic nitrogens is 5. The number of aryl methyl sites for hydroxylation is 2. The number of nitrogens with one attached hydrogen (secondary N) is 2. The molecule has 0 bridgehead atoms. The van der Waals surface area contributed by atoms with Crippen LogP contribution >= 0.6 is 0 Å². The molecule has 0 radical (unpaired) electrons. The summed E-state index contributed by atoms with van der Waals surface area (Å²) in [7, 11) is 0. The molecule has 0 amide bonds. The third kappa shape index (κ3) is 3.16. The maximum absolute atomic E-state index is 13.1. The predicted molar refractivity (Wildman–Crippen MR) is 116 cm³/mol. The zero-order valence-corrected chi connectivity index (χ0v) is 17.3. The zero-order valence-electron chi connectivity index (χ0n) is 17.3. The van der Waals surface area contributed by atoms with Crippen LogP contribution < -0.4 is 11.2 Å². The lowest BCUT2D eigenvalue weighted by atomic mass is 9.86. The summed E-state index contributed by atoms with van der Waals surface area (Å²) in [6.07, 6.45) is 8.78. The first-order chi connectivity index (χ1) is 14.9. The largest absolute Gasteiger partial charge is 0.441 e. The summed E-state index contributed by atoms with van der Waals surface area (Å²) in [5.74, 6) is 1.26. The van der Waals surface area contributed by atoms with Gasteiger partial charge in [-0.3, -0.25) is 14.3 Å². The second-order valence-corrected chi connectivity index (χ2v) is 7.78. The van der Waals surface area contributed by atoms with Gasteiger partial charge in [0.05, 0.1) is 17.7 Å². The van der Waals surface area contributed by atoms with Gasteiger partial charge >= 0.3 is 5.69 Å². The van der Waals surface area contributed by atoms with Crippen LogP contribution in [0.2, 0.25) is 0 Å². The Bertz CT molecular complexity index is 1420. The van der Waals surface area contributed by atoms with Crippen molar-refractivity contribution in [2.45, 2.75) is 32.7 Å². The fourth-order valence-electron chi connectivity index (χ4n) is 4.14. The van der Waals surface area contributed by atoms with Gasteiger partial charge in [0, 0.05) is 31.1 Å². The molecule has 3 heterocycles. The minimum absolute atomic E-state index is 0.391. The van der Waals surface area contributed by atoms with Crippen LogP contribution in [0.15, 0.2) is 50.8 Å². The molecule has 4 aromatic rings. The van der Waals surface area contributed by atoms with Gasteiger partial charge in [0.25, 0.3) is 5.56 Å². The van der Waals surface area contributed by atoms with Crippen molar-refractivity contribution in [1.29, 1.82) is 0 Å². The van der Waals surface area contributed by atoms with E-state index in [1.807, 2.05) is 44.2 Å². The molecule has 2 N–H and O–H groups in total. The van der Waals surface area contributed by atoms with Gasteiger partial charge in [-0.15, -0.1) is 0 Å². The molecule has 0 fully saturated rings. The highest BCUT2D eigenvalue weighted by molar-refractivity contribution is 5.75. The van der Waals surface area contributed by atoms with E-state index in [0.29, 0.717) is 28.7 Å². The molecule has 8 nitrogen and oxygen atoms in total. The second kappa shape index (κ2) is 7.09. The number of nitrogens with zero attached hydrogens (tertiary/aromatic N) is 3. The average Bonchev–Trinajstić information content (AvgIpc) is 3.36. The third-order valence-corrected chi connectivity index (χ3v) is 5.67. The van der Waals surface area contributed by atoms with Crippen LogP contribution in [-0.2, 0) is 0 Å². The number of fused-ring (bicyclic) bond motifs is 2. The molecule has 2 unspecified atom stereocenters. The number of aromatic amines is 2. The van der Waals surface area contributed by atoms with Crippen LogP contribution in [0.5, 0.6) is 0 Å². The standard InChI is InChI=1S/C23H21N5O3/c1-12-4-5-15-6-7-18-20(26-14(3)31-18)19(16(15)10-12)17-11-28(23(30)27-22(17)29)13(2)21-24-8-9-25-21/h4-11,13,19H,1-3H3,(H,24,25)(H,27,29,30). The van der Waals surface area contributed by atoms with Crippen LogP contribution in [0.25, 0.3) is 12.2 Å². The van der Waals surface area contributed by atoms with Crippen molar-refractivity contribution in [1.82, 2.24) is 24.5 Å². The summed E-state index contributed by atoms with van der Waals surface area (Å²) in [6.45, 7) is 5.63. The molecule has 2 atom stereocenters. The molecule has 1 aliphatic rings. The van der Waals surface area contributed by atoms with Crippen LogP contribution in [0.4, 0.5) is 0 Å². The van der Waals surface area contributed by atoms with E-state index in [-0.39, 0.29) is 0 Å². The summed E-state index contributed by atoms with van der Waals surface area (Å²) in [6, 6.07) is 5.70. The lowest BCUT2D eigenvalue weighted by Crippen LogP contribution is -2.35. The van der Waals surface area contributed by atoms with Crippen LogP contribution in [0.3, 0.4) is 0 Å². The van der Waals surface area contributed by atoms with Gasteiger partial charge in [-0.25, -0.2) is 14.8 Å². The fraction of sp³-hybridized carbons (Fsp3) is 0.217. The summed E-state index contributed by atoms with van der Waals surface area (Å²) in [5, 5.41) is 0. The van der Waals surface area contributed by atoms with Gasteiger partial charge in [0.2, 0.25) is 0 Å². The highest BCUT2D eigenvalue weighted by atomic mass is 16.4. The molecule has 5 rings (SSSR count). The van der Waals surface area contributed by atoms with Gasteiger partial charge < -0.3 is 9.40 Å². The van der Waals surface area contributed by atoms with Crippen molar-refractivity contribution in [3.05, 3.63) is 103 Å². The smallest absolute Gasteiger partial charge is 0.329 e. The van der Waals surface area contributed by atoms with Crippen LogP contribution in [0, 0.1) is 13.8 Å². The Morgan fingerprint density at radius 3 is 2.77 bits per heavy atom. The molecule has 0 saturated carbocycles. The van der Waals surface area contributed by atoms with E-state index in [1.165, 1.54) is 4.57 Å². The molecule has 1 aromatic carbocycles. The summed E-state index contributed by atoms with van der Waals surface area (Å²) < 4.78 is 7.29. The molecular weight excluding hydrogens is 394 g/mol. The molecule has 3 aromatic heterocycles. The van der Waals surface area contributed by atoms with Gasteiger partial charge in [0.1, 0.15) is 5.82 Å². The van der Waals surface area contributed by atoms with Crippen molar-refractivity contribution < 1.29 is 4.42 Å². The number of oxazole rings is 1. The summed E-state index contributed by atoms with van der Waals surface area (Å²) >= 11 is 0. The van der Waals surface area contributed by atoms with Crippen molar-refractivity contribution in [2.75, 3.05) is 0 Å². The Morgan fingerprint density at radius 2 is 2.00 bits per heavy atom. The van der Waals surface area contributed by atoms with E-state index in [4.69, 9.17) is 4.42 Å². The second-order valence-electron chi connectivity index (χ2n) is 7.78. The number of hydrogen-bond donors (Lipinski definition) is 2. The Hall–Kier alpha value is -3.94. The van der Waals surface area contributed by atoms with E-state index in [2.05, 4.69) is 19.9 Å². The summed E-state index contributed by atoms with van der Waals surface area (Å²) in [4.78, 5) is 40.1. The van der Waals surface area contributed by atoms with Crippen molar-refractivity contribution in [3.63, 3.8) is 0 Å². The number of H-pyrrole nitrogens is 2. The molecular formula is C23H21N5O3. The third-order valence-electron chi connectivity index (χ3n) is 5.67. The van der Waals surface area contributed by atoms with Crippen molar-refractivity contribution >= 4 is 12.2 Å². The minimum Gasteiger partial charge on any atom is -0.441 e. The maximum Gasteiger partial charge on any atom is 0.329 e. The summed E-state index contributed by atoms with van der Waals surface area (Å²) in [5.41, 5.74) is 3.10. The Kier molecular flexibility index (Phi) is 4.35. The fourth-order valence-corrected chi connectivity index (χ4v) is 4.14. The lowest BCUT2D eigenvalue weighted by Gasteiger charge is -2.20. The normalized spacial score (nSPS) is 15.9. The lowest BCUT2D eigenvalue weighted by molar-refractivity contribution is 0.512. The first-order valence-corrected chi connectivity index (χ1v) is 10.0. The van der Waals surface area contributed by atoms with Gasteiger partial charge in [-0.1, -0.05) is 29.8 Å². The van der Waals surface area contributed by atoms with E-state index in [9.17, 15) is 9.59 Å². The Labute approximate surface area is 177 Å². The maximum atomic E-state index is 13.1. The molecule has 156 valence electrons. The van der Waals surface area contributed by atoms with Gasteiger partial charge in [-0.2, -0.15) is 0 Å². The molecule has 1 aliphatic carbocycles. The number of hydrogen-bond acceptors (Lipinski definition) is 5. The monoisotopic (exact) mass is 415 g/mol. The van der Waals surface area contributed by atoms with E-state index >= 15 is 0 Å². The topological polar surface area (TPSA) is 110 Å². The SMILES string of the molecule is Cc1ccc2c(c1)C(c1cn(C(C)c3ncc[nH]3)c(=O)[nH]c1=O)c1nc(C)oc1C=C2. The molecule has 0 saturated heterocycles. The van der Waals surface area contributed by atoms with E-state index in [1.54, 1.807) is 25.5 Å². The zero-order chi connectivity index (χ0) is 21.7. The molecule has 8 heteroatoms.